The van der Waals surface area contributed by atoms with Crippen LogP contribution in [0.4, 0.5) is 0 Å². The van der Waals surface area contributed by atoms with E-state index in [-0.39, 0.29) is 0 Å². The van der Waals surface area contributed by atoms with Gasteiger partial charge in [0.1, 0.15) is 0 Å². The van der Waals surface area contributed by atoms with E-state index in [0.717, 1.165) is 0 Å². The van der Waals surface area contributed by atoms with Crippen LogP contribution >= 0.6 is 46.4 Å². The standard InChI is InChI=1S/C13H5Cl4N/c14-8-4-11(16)13(12(17)5-8)9-3-7(6-18)1-2-10(9)15/h1-5H. The third-order valence-electron chi connectivity index (χ3n) is 2.37. The van der Waals surface area contributed by atoms with Crippen LogP contribution in [0, 0.1) is 11.3 Å². The zero-order valence-corrected chi connectivity index (χ0v) is 11.9. The van der Waals surface area contributed by atoms with Crippen LogP contribution in [0.15, 0.2) is 30.3 Å². The maximum atomic E-state index is 8.90. The molecule has 0 N–H and O–H groups in total. The molecule has 0 saturated carbocycles. The van der Waals surface area contributed by atoms with Gasteiger partial charge < -0.3 is 0 Å². The molecule has 0 fully saturated rings. The number of hydrogen-bond acceptors (Lipinski definition) is 1. The number of rotatable bonds is 1. The molecular weight excluding hydrogens is 312 g/mol. The summed E-state index contributed by atoms with van der Waals surface area (Å²) in [7, 11) is 0. The number of benzene rings is 2. The SMILES string of the molecule is N#Cc1ccc(Cl)c(-c2c(Cl)cc(Cl)cc2Cl)c1. The molecule has 0 amide bonds. The van der Waals surface area contributed by atoms with Crippen molar-refractivity contribution in [1.82, 2.24) is 0 Å². The third kappa shape index (κ3) is 2.58. The molecule has 0 aromatic heterocycles. The van der Waals surface area contributed by atoms with Crippen molar-refractivity contribution in [2.45, 2.75) is 0 Å². The average molecular weight is 317 g/mol. The summed E-state index contributed by atoms with van der Waals surface area (Å²) in [5.74, 6) is 0. The zero-order chi connectivity index (χ0) is 13.3. The quantitative estimate of drug-likeness (QED) is 0.648. The highest BCUT2D eigenvalue weighted by atomic mass is 35.5. The Labute approximate surface area is 124 Å². The predicted molar refractivity (Wildman–Crippen MR) is 76.6 cm³/mol. The van der Waals surface area contributed by atoms with Gasteiger partial charge in [-0.1, -0.05) is 46.4 Å². The molecule has 1 nitrogen and oxygen atoms in total. The Kier molecular flexibility index (Phi) is 4.04. The van der Waals surface area contributed by atoms with Gasteiger partial charge in [-0.25, -0.2) is 0 Å². The summed E-state index contributed by atoms with van der Waals surface area (Å²) >= 11 is 24.2. The highest BCUT2D eigenvalue weighted by molar-refractivity contribution is 6.43. The lowest BCUT2D eigenvalue weighted by molar-refractivity contribution is 1.48. The molecule has 5 heteroatoms. The number of hydrogen-bond donors (Lipinski definition) is 0. The van der Waals surface area contributed by atoms with E-state index in [9.17, 15) is 0 Å². The first-order valence-electron chi connectivity index (χ1n) is 4.87. The van der Waals surface area contributed by atoms with Gasteiger partial charge in [0, 0.05) is 21.2 Å². The fraction of sp³-hybridized carbons (Fsp3) is 0. The highest BCUT2D eigenvalue weighted by Crippen LogP contribution is 2.40. The molecule has 0 atom stereocenters. The molecule has 2 rings (SSSR count). The van der Waals surface area contributed by atoms with E-state index in [0.29, 0.717) is 36.8 Å². The molecule has 0 unspecified atom stereocenters. The molecule has 0 heterocycles. The molecule has 0 radical (unpaired) electrons. The van der Waals surface area contributed by atoms with Crippen LogP contribution in [0.25, 0.3) is 11.1 Å². The first kappa shape index (κ1) is 13.5. The van der Waals surface area contributed by atoms with Gasteiger partial charge in [-0.05, 0) is 30.3 Å². The molecule has 0 spiro atoms. The molecule has 2 aromatic carbocycles. The second-order valence-electron chi connectivity index (χ2n) is 3.55. The van der Waals surface area contributed by atoms with Crippen LogP contribution in [0.5, 0.6) is 0 Å². The molecule has 90 valence electrons. The van der Waals surface area contributed by atoms with E-state index >= 15 is 0 Å². The molecule has 0 aliphatic carbocycles. The van der Waals surface area contributed by atoms with Gasteiger partial charge in [-0.2, -0.15) is 5.26 Å². The van der Waals surface area contributed by atoms with Crippen LogP contribution in [0.3, 0.4) is 0 Å². The summed E-state index contributed by atoms with van der Waals surface area (Å²) in [5.41, 5.74) is 1.67. The fourth-order valence-electron chi connectivity index (χ4n) is 1.59. The molecule has 2 aromatic rings. The van der Waals surface area contributed by atoms with Crippen molar-refractivity contribution in [3.05, 3.63) is 56.0 Å². The maximum absolute atomic E-state index is 8.90. The number of halogens is 4. The molecule has 0 saturated heterocycles. The second kappa shape index (κ2) is 5.38. The summed E-state index contributed by atoms with van der Waals surface area (Å²) in [5, 5.41) is 10.6. The Bertz CT molecular complexity index is 636. The largest absolute Gasteiger partial charge is 0.192 e. The van der Waals surface area contributed by atoms with Gasteiger partial charge in [0.15, 0.2) is 0 Å². The first-order chi connectivity index (χ1) is 8.52. The highest BCUT2D eigenvalue weighted by Gasteiger charge is 2.13. The van der Waals surface area contributed by atoms with Gasteiger partial charge in [0.2, 0.25) is 0 Å². The number of nitrogens with zero attached hydrogens (tertiary/aromatic N) is 1. The monoisotopic (exact) mass is 315 g/mol. The van der Waals surface area contributed by atoms with E-state index in [2.05, 4.69) is 0 Å². The lowest BCUT2D eigenvalue weighted by Crippen LogP contribution is -1.86. The lowest BCUT2D eigenvalue weighted by atomic mass is 10.0. The van der Waals surface area contributed by atoms with Gasteiger partial charge in [-0.15, -0.1) is 0 Å². The summed E-state index contributed by atoms with van der Waals surface area (Å²) in [4.78, 5) is 0. The minimum absolute atomic E-state index is 0.393. The number of nitriles is 1. The lowest BCUT2D eigenvalue weighted by Gasteiger charge is -2.10. The normalized spacial score (nSPS) is 10.2. The predicted octanol–water partition coefficient (Wildman–Crippen LogP) is 5.84. The Balaban J connectivity index is 2.73. The summed E-state index contributed by atoms with van der Waals surface area (Å²) in [6.07, 6.45) is 0. The third-order valence-corrected chi connectivity index (χ3v) is 3.52. The van der Waals surface area contributed by atoms with Crippen molar-refractivity contribution in [2.24, 2.45) is 0 Å². The molecular formula is C13H5Cl4N. The van der Waals surface area contributed by atoms with Crippen LogP contribution in [-0.2, 0) is 0 Å². The molecule has 0 aliphatic rings. The van der Waals surface area contributed by atoms with Gasteiger partial charge in [0.05, 0.1) is 21.7 Å². The van der Waals surface area contributed by atoms with E-state index in [4.69, 9.17) is 51.7 Å². The topological polar surface area (TPSA) is 23.8 Å². The van der Waals surface area contributed by atoms with Gasteiger partial charge >= 0.3 is 0 Å². The van der Waals surface area contributed by atoms with Crippen molar-refractivity contribution in [3.63, 3.8) is 0 Å². The van der Waals surface area contributed by atoms with Crippen molar-refractivity contribution in [2.75, 3.05) is 0 Å². The minimum atomic E-state index is 0.393. The maximum Gasteiger partial charge on any atom is 0.0991 e. The van der Waals surface area contributed by atoms with Crippen molar-refractivity contribution in [3.8, 4) is 17.2 Å². The molecule has 0 bridgehead atoms. The van der Waals surface area contributed by atoms with Crippen molar-refractivity contribution >= 4 is 46.4 Å². The fourth-order valence-corrected chi connectivity index (χ4v) is 2.82. The van der Waals surface area contributed by atoms with Crippen LogP contribution in [0.1, 0.15) is 5.56 Å². The zero-order valence-electron chi connectivity index (χ0n) is 8.85. The summed E-state index contributed by atoms with van der Waals surface area (Å²) < 4.78 is 0. The van der Waals surface area contributed by atoms with E-state index in [1.165, 1.54) is 0 Å². The van der Waals surface area contributed by atoms with Gasteiger partial charge in [0.25, 0.3) is 0 Å². The smallest absolute Gasteiger partial charge is 0.0991 e. The Morgan fingerprint density at radius 2 is 1.44 bits per heavy atom. The first-order valence-corrected chi connectivity index (χ1v) is 6.38. The summed E-state index contributed by atoms with van der Waals surface area (Å²) in [6, 6.07) is 10.1. The van der Waals surface area contributed by atoms with Crippen LogP contribution in [0.2, 0.25) is 20.1 Å². The summed E-state index contributed by atoms with van der Waals surface area (Å²) in [6.45, 7) is 0. The minimum Gasteiger partial charge on any atom is -0.192 e. The molecule has 18 heavy (non-hydrogen) atoms. The van der Waals surface area contributed by atoms with Gasteiger partial charge in [-0.3, -0.25) is 0 Å². The Morgan fingerprint density at radius 3 is 2.00 bits per heavy atom. The van der Waals surface area contributed by atoms with Crippen LogP contribution < -0.4 is 0 Å². The second-order valence-corrected chi connectivity index (χ2v) is 5.21. The Hall–Kier alpha value is -0.910. The molecule has 0 aliphatic heterocycles. The van der Waals surface area contributed by atoms with Crippen LogP contribution in [-0.4, -0.2) is 0 Å². The average Bonchev–Trinajstić information content (AvgIpc) is 2.30. The van der Waals surface area contributed by atoms with Crippen molar-refractivity contribution in [1.29, 1.82) is 5.26 Å². The van der Waals surface area contributed by atoms with E-state index < -0.39 is 0 Å². The van der Waals surface area contributed by atoms with Crippen molar-refractivity contribution < 1.29 is 0 Å². The Morgan fingerprint density at radius 1 is 0.833 bits per heavy atom. The van der Waals surface area contributed by atoms with E-state index in [1.807, 2.05) is 6.07 Å². The van der Waals surface area contributed by atoms with E-state index in [1.54, 1.807) is 30.3 Å².